The van der Waals surface area contributed by atoms with Crippen molar-refractivity contribution >= 4 is 66.3 Å². The molecule has 2 aliphatic heterocycles. The third-order valence-electron chi connectivity index (χ3n) is 12.4. The molecule has 56 heavy (non-hydrogen) atoms. The van der Waals surface area contributed by atoms with Gasteiger partial charge in [0.05, 0.1) is 38.7 Å². The molecule has 3 aromatic heterocycles. The van der Waals surface area contributed by atoms with Gasteiger partial charge in [-0.1, -0.05) is 151 Å². The predicted octanol–water partition coefficient (Wildman–Crippen LogP) is 13.3. The van der Waals surface area contributed by atoms with Gasteiger partial charge in [0, 0.05) is 54.2 Å². The van der Waals surface area contributed by atoms with Crippen LogP contribution in [0.5, 0.6) is 0 Å². The summed E-state index contributed by atoms with van der Waals surface area (Å²) < 4.78 is 5.03. The van der Waals surface area contributed by atoms with E-state index in [4.69, 9.17) is 4.98 Å². The van der Waals surface area contributed by atoms with Crippen LogP contribution < -0.4 is 0 Å². The molecule has 1 spiro atoms. The molecular weight excluding hydrogens is 699 g/mol. The van der Waals surface area contributed by atoms with Crippen molar-refractivity contribution in [2.24, 2.45) is 0 Å². The first-order valence-corrected chi connectivity index (χ1v) is 20.0. The largest absolute Gasteiger partial charge is 0.309 e. The van der Waals surface area contributed by atoms with E-state index >= 15 is 0 Å². The molecule has 0 aliphatic carbocycles. The van der Waals surface area contributed by atoms with Crippen LogP contribution in [0.15, 0.2) is 198 Å². The van der Waals surface area contributed by atoms with E-state index in [1.54, 1.807) is 0 Å². The Morgan fingerprint density at radius 3 is 1.96 bits per heavy atom. The van der Waals surface area contributed by atoms with Gasteiger partial charge in [0.25, 0.3) is 0 Å². The van der Waals surface area contributed by atoms with Gasteiger partial charge >= 0.3 is 0 Å². The molecule has 0 saturated heterocycles. The highest BCUT2D eigenvalue weighted by Crippen LogP contribution is 2.62. The number of fused-ring (bicyclic) bond motifs is 16. The molecule has 0 fully saturated rings. The average Bonchev–Trinajstić information content (AvgIpc) is 3.79. The number of aromatic nitrogens is 3. The van der Waals surface area contributed by atoms with Gasteiger partial charge in [-0.3, -0.25) is 4.98 Å². The first-order valence-electron chi connectivity index (χ1n) is 19.2. The molecule has 3 nitrogen and oxygen atoms in total. The van der Waals surface area contributed by atoms with E-state index in [2.05, 4.69) is 185 Å². The summed E-state index contributed by atoms with van der Waals surface area (Å²) in [5.74, 6) is 0. The zero-order valence-electron chi connectivity index (χ0n) is 30.1. The monoisotopic (exact) mass is 729 g/mol. The van der Waals surface area contributed by atoms with Crippen LogP contribution in [0.25, 0.3) is 77.0 Å². The van der Waals surface area contributed by atoms with Gasteiger partial charge < -0.3 is 9.13 Å². The van der Waals surface area contributed by atoms with E-state index < -0.39 is 5.41 Å². The Balaban J connectivity index is 1.14. The van der Waals surface area contributed by atoms with Crippen molar-refractivity contribution in [2.75, 3.05) is 0 Å². The van der Waals surface area contributed by atoms with Crippen molar-refractivity contribution in [1.29, 1.82) is 0 Å². The van der Waals surface area contributed by atoms with Gasteiger partial charge in [0.2, 0.25) is 0 Å². The van der Waals surface area contributed by atoms with Crippen LogP contribution in [0.2, 0.25) is 0 Å². The minimum atomic E-state index is -0.543. The zero-order chi connectivity index (χ0) is 36.5. The number of hydrogen-bond acceptors (Lipinski definition) is 2. The lowest BCUT2D eigenvalue weighted by Gasteiger charge is -2.45. The third kappa shape index (κ3) is 3.77. The van der Waals surface area contributed by atoms with Crippen molar-refractivity contribution < 1.29 is 0 Å². The zero-order valence-corrected chi connectivity index (χ0v) is 31.0. The van der Waals surface area contributed by atoms with E-state index in [0.29, 0.717) is 0 Å². The number of pyridine rings is 1. The molecule has 0 amide bonds. The molecule has 260 valence electrons. The smallest absolute Gasteiger partial charge is 0.0780 e. The van der Waals surface area contributed by atoms with Crippen molar-refractivity contribution in [3.63, 3.8) is 0 Å². The quantitative estimate of drug-likeness (QED) is 0.177. The molecule has 13 rings (SSSR count). The van der Waals surface area contributed by atoms with E-state index in [-0.39, 0.29) is 0 Å². The Morgan fingerprint density at radius 1 is 0.446 bits per heavy atom. The van der Waals surface area contributed by atoms with Gasteiger partial charge in [-0.05, 0) is 70.3 Å². The molecule has 0 N–H and O–H groups in total. The predicted molar refractivity (Wildman–Crippen MR) is 232 cm³/mol. The minimum Gasteiger partial charge on any atom is -0.309 e. The van der Waals surface area contributed by atoms with E-state index in [0.717, 1.165) is 27.7 Å². The third-order valence-corrected chi connectivity index (χ3v) is 13.6. The molecular formula is C52H31N3S. The maximum atomic E-state index is 4.77. The highest BCUT2D eigenvalue weighted by Gasteiger charge is 2.50. The highest BCUT2D eigenvalue weighted by atomic mass is 32.2. The number of rotatable bonds is 2. The molecule has 0 bridgehead atoms. The molecule has 4 heteroatoms. The summed E-state index contributed by atoms with van der Waals surface area (Å²) in [4.78, 5) is 7.36. The van der Waals surface area contributed by atoms with Crippen LogP contribution in [-0.2, 0) is 5.41 Å². The van der Waals surface area contributed by atoms with Gasteiger partial charge in [-0.15, -0.1) is 0 Å². The second-order valence-electron chi connectivity index (χ2n) is 15.0. The van der Waals surface area contributed by atoms with E-state index in [9.17, 15) is 0 Å². The van der Waals surface area contributed by atoms with Crippen LogP contribution in [0.3, 0.4) is 0 Å². The number of nitrogens with zero attached hydrogens (tertiary/aromatic N) is 3. The van der Waals surface area contributed by atoms with Crippen molar-refractivity contribution in [3.05, 3.63) is 210 Å². The van der Waals surface area contributed by atoms with Gasteiger partial charge in [0.1, 0.15) is 0 Å². The molecule has 0 saturated carbocycles. The average molecular weight is 730 g/mol. The molecule has 2 aliphatic rings. The first-order chi connectivity index (χ1) is 27.8. The summed E-state index contributed by atoms with van der Waals surface area (Å²) in [5.41, 5.74) is 15.5. The van der Waals surface area contributed by atoms with Crippen molar-refractivity contribution in [2.45, 2.75) is 15.2 Å². The molecule has 5 heterocycles. The summed E-state index contributed by atoms with van der Waals surface area (Å²) in [6.07, 6.45) is 1.88. The number of hydrogen-bond donors (Lipinski definition) is 0. The normalized spacial score (nSPS) is 15.5. The van der Waals surface area contributed by atoms with Crippen molar-refractivity contribution in [3.8, 4) is 22.5 Å². The van der Waals surface area contributed by atoms with Crippen LogP contribution >= 0.6 is 11.8 Å². The van der Waals surface area contributed by atoms with E-state index in [1.165, 1.54) is 81.3 Å². The second-order valence-corrected chi connectivity index (χ2v) is 16.1. The summed E-state index contributed by atoms with van der Waals surface area (Å²) in [5, 5.41) is 6.25. The minimum absolute atomic E-state index is 0.543. The molecule has 11 aromatic rings. The Morgan fingerprint density at radius 2 is 1.11 bits per heavy atom. The molecule has 1 atom stereocenters. The van der Waals surface area contributed by atoms with Gasteiger partial charge in [-0.25, -0.2) is 0 Å². The molecule has 0 radical (unpaired) electrons. The van der Waals surface area contributed by atoms with Crippen LogP contribution in [0.1, 0.15) is 22.3 Å². The first kappa shape index (κ1) is 30.4. The van der Waals surface area contributed by atoms with Gasteiger partial charge in [0.15, 0.2) is 0 Å². The maximum absolute atomic E-state index is 4.77. The summed E-state index contributed by atoms with van der Waals surface area (Å²) in [6.45, 7) is 0. The van der Waals surface area contributed by atoms with E-state index in [1.807, 2.05) is 24.0 Å². The summed E-state index contributed by atoms with van der Waals surface area (Å²) in [7, 11) is 0. The number of benzene rings is 8. The SMILES string of the molecule is c1ccc2c(c1)Sc1c(ccc3c4ccccc4n(-c4ccc(-c5cccc6cccnc56)cc4)c13)C21c2ccccc2-n2c3ccccc3c3cccc1c32. The van der Waals surface area contributed by atoms with Crippen LogP contribution in [0, 0.1) is 0 Å². The lowest BCUT2D eigenvalue weighted by molar-refractivity contribution is 0.691. The number of para-hydroxylation sites is 5. The Bertz CT molecular complexity index is 3460. The fraction of sp³-hybridized carbons (Fsp3) is 0.0192. The van der Waals surface area contributed by atoms with Crippen LogP contribution in [0.4, 0.5) is 0 Å². The lowest BCUT2D eigenvalue weighted by Crippen LogP contribution is -2.37. The fourth-order valence-electron chi connectivity index (χ4n) is 10.2. The second kappa shape index (κ2) is 11.1. The highest BCUT2D eigenvalue weighted by molar-refractivity contribution is 7.99. The fourth-order valence-corrected chi connectivity index (χ4v) is 11.6. The topological polar surface area (TPSA) is 22.8 Å². The molecule has 8 aromatic carbocycles. The van der Waals surface area contributed by atoms with Crippen LogP contribution in [-0.4, -0.2) is 14.1 Å². The maximum Gasteiger partial charge on any atom is 0.0780 e. The van der Waals surface area contributed by atoms with Crippen molar-refractivity contribution in [1.82, 2.24) is 14.1 Å². The lowest BCUT2D eigenvalue weighted by atomic mass is 9.62. The summed E-state index contributed by atoms with van der Waals surface area (Å²) >= 11 is 1.92. The Hall–Kier alpha value is -6.88. The van der Waals surface area contributed by atoms with Gasteiger partial charge in [-0.2, -0.15) is 0 Å². The molecule has 1 unspecified atom stereocenters. The Labute approximate surface area is 327 Å². The standard InChI is InChI=1S/C52H31N3S/c1-5-21-44-37(15-1)39-29-30-43-51(50(39)54(44)34-27-25-32(26-28-34)35-16-9-12-33-13-11-31-53-48(33)35)56-47-24-8-4-19-41(47)52(43)40-18-3-7-23-46(40)55-45-22-6-2-14-36(45)38-17-10-20-42(52)49(38)55/h1-31H. The summed E-state index contributed by atoms with van der Waals surface area (Å²) in [6, 6.07) is 67.5. The Kier molecular flexibility index (Phi) is 6.03.